The van der Waals surface area contributed by atoms with Crippen molar-refractivity contribution in [3.05, 3.63) is 65.0 Å². The highest BCUT2D eigenvalue weighted by molar-refractivity contribution is 5.88. The first-order valence-corrected chi connectivity index (χ1v) is 11.9. The number of carbonyl (C=O) groups excluding carboxylic acids is 2. The Hall–Kier alpha value is -2.89. The maximum absolute atomic E-state index is 13.4. The van der Waals surface area contributed by atoms with Gasteiger partial charge in [0, 0.05) is 12.6 Å². The largest absolute Gasteiger partial charge is 0.484 e. The lowest BCUT2D eigenvalue weighted by Crippen LogP contribution is -2.52. The lowest BCUT2D eigenvalue weighted by molar-refractivity contribution is -0.143. The van der Waals surface area contributed by atoms with Gasteiger partial charge in [-0.25, -0.2) is 4.39 Å². The predicted molar refractivity (Wildman–Crippen MR) is 127 cm³/mol. The lowest BCUT2D eigenvalue weighted by Gasteiger charge is -2.32. The Kier molecular flexibility index (Phi) is 8.87. The van der Waals surface area contributed by atoms with Crippen molar-refractivity contribution in [1.82, 2.24) is 10.2 Å². The molecule has 0 unspecified atom stereocenters. The fourth-order valence-corrected chi connectivity index (χ4v) is 4.49. The molecule has 3 rings (SSSR count). The summed E-state index contributed by atoms with van der Waals surface area (Å²) >= 11 is 0. The Morgan fingerprint density at radius 2 is 1.70 bits per heavy atom. The van der Waals surface area contributed by atoms with Gasteiger partial charge in [0.1, 0.15) is 17.6 Å². The maximum Gasteiger partial charge on any atom is 0.261 e. The number of carbonyl (C=O) groups is 2. The molecule has 1 aliphatic carbocycles. The van der Waals surface area contributed by atoms with Crippen LogP contribution in [0.1, 0.15) is 62.1 Å². The van der Waals surface area contributed by atoms with Crippen LogP contribution in [0.5, 0.6) is 5.75 Å². The summed E-state index contributed by atoms with van der Waals surface area (Å²) in [5.41, 5.74) is 2.87. The fourth-order valence-electron chi connectivity index (χ4n) is 4.49. The second-order valence-electron chi connectivity index (χ2n) is 9.03. The van der Waals surface area contributed by atoms with Crippen molar-refractivity contribution >= 4 is 11.8 Å². The number of nitrogens with one attached hydrogen (secondary N) is 1. The Balaban J connectivity index is 1.76. The normalized spacial score (nSPS) is 15.0. The van der Waals surface area contributed by atoms with E-state index in [1.54, 1.807) is 17.0 Å². The van der Waals surface area contributed by atoms with Gasteiger partial charge in [-0.2, -0.15) is 0 Å². The first kappa shape index (κ1) is 24.7. The average molecular weight is 455 g/mol. The summed E-state index contributed by atoms with van der Waals surface area (Å²) in [4.78, 5) is 28.1. The minimum Gasteiger partial charge on any atom is -0.484 e. The molecule has 0 spiro atoms. The molecule has 178 valence electrons. The van der Waals surface area contributed by atoms with Crippen LogP contribution in [0.15, 0.2) is 42.5 Å². The van der Waals surface area contributed by atoms with Crippen molar-refractivity contribution in [2.45, 2.75) is 77.9 Å². The highest BCUT2D eigenvalue weighted by Gasteiger charge is 2.30. The summed E-state index contributed by atoms with van der Waals surface area (Å²) in [6.45, 7) is 5.90. The third-order valence-electron chi connectivity index (χ3n) is 6.16. The molecular weight excluding hydrogens is 419 g/mol. The summed E-state index contributed by atoms with van der Waals surface area (Å²) < 4.78 is 19.2. The Morgan fingerprint density at radius 1 is 1.06 bits per heavy atom. The molecule has 0 bridgehead atoms. The van der Waals surface area contributed by atoms with Crippen molar-refractivity contribution in [3.63, 3.8) is 0 Å². The van der Waals surface area contributed by atoms with E-state index in [1.807, 2.05) is 39.0 Å². The highest BCUT2D eigenvalue weighted by atomic mass is 19.1. The third-order valence-corrected chi connectivity index (χ3v) is 6.16. The van der Waals surface area contributed by atoms with Crippen LogP contribution in [-0.2, 0) is 16.1 Å². The summed E-state index contributed by atoms with van der Waals surface area (Å²) in [5.74, 6) is -0.116. The van der Waals surface area contributed by atoms with Crippen LogP contribution in [0.2, 0.25) is 0 Å². The minimum absolute atomic E-state index is 0.133. The van der Waals surface area contributed by atoms with Gasteiger partial charge in [-0.3, -0.25) is 9.59 Å². The van der Waals surface area contributed by atoms with Gasteiger partial charge in [-0.15, -0.1) is 0 Å². The summed E-state index contributed by atoms with van der Waals surface area (Å²) in [6.07, 6.45) is 5.87. The lowest BCUT2D eigenvalue weighted by atomic mass is 9.95. The molecule has 2 aromatic carbocycles. The number of halogens is 1. The molecule has 0 radical (unpaired) electrons. The van der Waals surface area contributed by atoms with Crippen LogP contribution in [0.3, 0.4) is 0 Å². The quantitative estimate of drug-likeness (QED) is 0.575. The number of rotatable bonds is 9. The number of ether oxygens (including phenoxy) is 1. The number of nitrogens with zero attached hydrogens (tertiary/aromatic N) is 1. The zero-order valence-corrected chi connectivity index (χ0v) is 19.9. The Bertz CT molecular complexity index is 919. The molecule has 1 N–H and O–H groups in total. The van der Waals surface area contributed by atoms with Gasteiger partial charge < -0.3 is 15.0 Å². The van der Waals surface area contributed by atoms with E-state index in [9.17, 15) is 14.0 Å². The van der Waals surface area contributed by atoms with Gasteiger partial charge >= 0.3 is 0 Å². The van der Waals surface area contributed by atoms with Gasteiger partial charge in [-0.05, 0) is 74.1 Å². The molecule has 2 amide bonds. The molecule has 6 heteroatoms. The van der Waals surface area contributed by atoms with E-state index in [-0.39, 0.29) is 36.8 Å². The van der Waals surface area contributed by atoms with E-state index in [0.717, 1.165) is 42.4 Å². The standard InChI is InChI=1S/C27H35FN2O3/c1-4-25(27(32)29-23-8-6-5-7-9-23)30(17-21-10-12-22(28)13-11-21)26(31)18-33-24-15-19(2)14-20(3)16-24/h10-16,23,25H,4-9,17-18H2,1-3H3,(H,29,32)/t25-/m1/s1. The molecule has 5 nitrogen and oxygen atoms in total. The van der Waals surface area contributed by atoms with Crippen LogP contribution >= 0.6 is 0 Å². The molecule has 1 saturated carbocycles. The zero-order valence-electron chi connectivity index (χ0n) is 19.9. The van der Waals surface area contributed by atoms with Crippen LogP contribution in [0, 0.1) is 19.7 Å². The summed E-state index contributed by atoms with van der Waals surface area (Å²) in [5, 5.41) is 3.16. The number of hydrogen-bond donors (Lipinski definition) is 1. The number of aryl methyl sites for hydroxylation is 2. The molecule has 33 heavy (non-hydrogen) atoms. The molecular formula is C27H35FN2O3. The van der Waals surface area contributed by atoms with Crippen molar-refractivity contribution in [2.24, 2.45) is 0 Å². The molecule has 0 aromatic heterocycles. The van der Waals surface area contributed by atoms with Gasteiger partial charge in [0.25, 0.3) is 5.91 Å². The summed E-state index contributed by atoms with van der Waals surface area (Å²) in [6, 6.07) is 11.4. The van der Waals surface area contributed by atoms with Crippen molar-refractivity contribution in [3.8, 4) is 5.75 Å². The van der Waals surface area contributed by atoms with E-state index in [1.165, 1.54) is 18.6 Å². The monoisotopic (exact) mass is 454 g/mol. The van der Waals surface area contributed by atoms with Crippen molar-refractivity contribution < 1.29 is 18.7 Å². The first-order chi connectivity index (χ1) is 15.9. The topological polar surface area (TPSA) is 58.6 Å². The molecule has 1 aliphatic rings. The second kappa shape index (κ2) is 11.8. The molecule has 0 aliphatic heterocycles. The third kappa shape index (κ3) is 7.31. The molecule has 1 atom stereocenters. The zero-order chi connectivity index (χ0) is 23.8. The van der Waals surface area contributed by atoms with Crippen molar-refractivity contribution in [1.29, 1.82) is 0 Å². The van der Waals surface area contributed by atoms with Gasteiger partial charge in [0.2, 0.25) is 5.91 Å². The molecule has 0 saturated heterocycles. The van der Waals surface area contributed by atoms with Gasteiger partial charge in [0.15, 0.2) is 6.61 Å². The van der Waals surface area contributed by atoms with Crippen LogP contribution in [-0.4, -0.2) is 35.4 Å². The van der Waals surface area contributed by atoms with E-state index >= 15 is 0 Å². The SMILES string of the molecule is CC[C@H](C(=O)NC1CCCCC1)N(Cc1ccc(F)cc1)C(=O)COc1cc(C)cc(C)c1. The highest BCUT2D eigenvalue weighted by Crippen LogP contribution is 2.20. The van der Waals surface area contributed by atoms with E-state index in [2.05, 4.69) is 5.32 Å². The molecule has 2 aromatic rings. The fraction of sp³-hybridized carbons (Fsp3) is 0.481. The Morgan fingerprint density at radius 3 is 2.30 bits per heavy atom. The van der Waals surface area contributed by atoms with Crippen molar-refractivity contribution in [2.75, 3.05) is 6.61 Å². The Labute approximate surface area is 196 Å². The van der Waals surface area contributed by atoms with E-state index in [4.69, 9.17) is 4.74 Å². The first-order valence-electron chi connectivity index (χ1n) is 11.9. The predicted octanol–water partition coefficient (Wildman–Crippen LogP) is 5.08. The van der Waals surface area contributed by atoms with Crippen LogP contribution < -0.4 is 10.1 Å². The average Bonchev–Trinajstić information content (AvgIpc) is 2.78. The summed E-state index contributed by atoms with van der Waals surface area (Å²) in [7, 11) is 0. The number of hydrogen-bond acceptors (Lipinski definition) is 3. The number of amides is 2. The molecule has 0 heterocycles. The minimum atomic E-state index is -0.618. The molecule has 1 fully saturated rings. The van der Waals surface area contributed by atoms with Gasteiger partial charge in [-0.1, -0.05) is 44.4 Å². The van der Waals surface area contributed by atoms with Crippen LogP contribution in [0.4, 0.5) is 4.39 Å². The smallest absolute Gasteiger partial charge is 0.261 e. The second-order valence-corrected chi connectivity index (χ2v) is 9.03. The van der Waals surface area contributed by atoms with E-state index < -0.39 is 6.04 Å². The van der Waals surface area contributed by atoms with Crippen LogP contribution in [0.25, 0.3) is 0 Å². The maximum atomic E-state index is 13.4. The van der Waals surface area contributed by atoms with Gasteiger partial charge in [0.05, 0.1) is 0 Å². The number of benzene rings is 2. The van der Waals surface area contributed by atoms with E-state index in [0.29, 0.717) is 12.2 Å².